The van der Waals surface area contributed by atoms with Crippen LogP contribution in [0.3, 0.4) is 0 Å². The Labute approximate surface area is 204 Å². The Kier molecular flexibility index (Phi) is 7.42. The molecule has 184 valence electrons. The first-order chi connectivity index (χ1) is 16.9. The first kappa shape index (κ1) is 24.4. The van der Waals surface area contributed by atoms with Gasteiger partial charge in [0.05, 0.1) is 27.4 Å². The summed E-state index contributed by atoms with van der Waals surface area (Å²) in [5.41, 5.74) is 2.16. The highest BCUT2D eigenvalue weighted by atomic mass is 32.2. The fourth-order valence-electron chi connectivity index (χ4n) is 3.68. The van der Waals surface area contributed by atoms with Crippen LogP contribution in [-0.4, -0.2) is 54.8 Å². The fraction of sp³-hybridized carbons (Fsp3) is 0.240. The Morgan fingerprint density at radius 2 is 1.54 bits per heavy atom. The molecule has 0 spiro atoms. The van der Waals surface area contributed by atoms with Gasteiger partial charge in [-0.2, -0.15) is 0 Å². The summed E-state index contributed by atoms with van der Waals surface area (Å²) in [6, 6.07) is 18.2. The van der Waals surface area contributed by atoms with E-state index in [-0.39, 0.29) is 16.6 Å². The van der Waals surface area contributed by atoms with Crippen molar-refractivity contribution in [2.45, 2.75) is 4.90 Å². The molecule has 0 radical (unpaired) electrons. The number of carbonyl (C=O) groups excluding carboxylic acids is 1. The van der Waals surface area contributed by atoms with Gasteiger partial charge in [-0.15, -0.1) is 0 Å². The molecule has 0 atom stereocenters. The predicted octanol–water partition coefficient (Wildman–Crippen LogP) is 3.59. The first-order valence-electron chi connectivity index (χ1n) is 11.0. The summed E-state index contributed by atoms with van der Waals surface area (Å²) < 4.78 is 44.4. The highest BCUT2D eigenvalue weighted by molar-refractivity contribution is 7.92. The van der Waals surface area contributed by atoms with Crippen LogP contribution in [0.25, 0.3) is 0 Å². The van der Waals surface area contributed by atoms with Gasteiger partial charge in [-0.05, 0) is 66.7 Å². The number of ether oxygens (including phenoxy) is 3. The molecule has 2 N–H and O–H groups in total. The highest BCUT2D eigenvalue weighted by Crippen LogP contribution is 2.29. The minimum Gasteiger partial charge on any atom is -0.497 e. The second kappa shape index (κ2) is 10.7. The van der Waals surface area contributed by atoms with E-state index in [1.54, 1.807) is 42.5 Å². The van der Waals surface area contributed by atoms with Crippen LogP contribution >= 0.6 is 0 Å². The molecule has 3 aromatic rings. The summed E-state index contributed by atoms with van der Waals surface area (Å²) >= 11 is 0. The van der Waals surface area contributed by atoms with E-state index in [0.29, 0.717) is 35.9 Å². The van der Waals surface area contributed by atoms with E-state index in [9.17, 15) is 13.2 Å². The molecule has 1 aliphatic rings. The third-order valence-corrected chi connectivity index (χ3v) is 6.96. The van der Waals surface area contributed by atoms with E-state index in [1.807, 2.05) is 12.1 Å². The molecule has 1 saturated heterocycles. The van der Waals surface area contributed by atoms with E-state index in [2.05, 4.69) is 14.9 Å². The van der Waals surface area contributed by atoms with Crippen LogP contribution in [0.2, 0.25) is 0 Å². The van der Waals surface area contributed by atoms with Crippen molar-refractivity contribution in [3.05, 3.63) is 72.3 Å². The van der Waals surface area contributed by atoms with Crippen molar-refractivity contribution in [3.63, 3.8) is 0 Å². The number of amides is 1. The van der Waals surface area contributed by atoms with Gasteiger partial charge in [-0.25, -0.2) is 8.42 Å². The highest BCUT2D eigenvalue weighted by Gasteiger charge is 2.21. The second-order valence-electron chi connectivity index (χ2n) is 7.80. The molecule has 1 heterocycles. The number of carbonyl (C=O) groups is 1. The molecular formula is C25H27N3O6S. The van der Waals surface area contributed by atoms with Crippen LogP contribution in [0.1, 0.15) is 10.4 Å². The monoisotopic (exact) mass is 497 g/mol. The van der Waals surface area contributed by atoms with Crippen LogP contribution in [0.4, 0.5) is 17.1 Å². The summed E-state index contributed by atoms with van der Waals surface area (Å²) in [5, 5.41) is 2.76. The molecular weight excluding hydrogens is 470 g/mol. The molecule has 0 unspecified atom stereocenters. The molecule has 1 fully saturated rings. The first-order valence-corrected chi connectivity index (χ1v) is 12.5. The molecule has 0 aliphatic carbocycles. The molecule has 0 saturated carbocycles. The molecule has 1 amide bonds. The third-order valence-electron chi connectivity index (χ3n) is 5.56. The lowest BCUT2D eigenvalue weighted by Gasteiger charge is -2.28. The van der Waals surface area contributed by atoms with Crippen molar-refractivity contribution in [1.82, 2.24) is 0 Å². The smallest absolute Gasteiger partial charge is 0.265 e. The van der Waals surface area contributed by atoms with E-state index >= 15 is 0 Å². The number of nitrogens with zero attached hydrogens (tertiary/aromatic N) is 1. The number of morpholine rings is 1. The Bertz CT molecular complexity index is 1270. The van der Waals surface area contributed by atoms with E-state index in [1.165, 1.54) is 26.4 Å². The number of rotatable bonds is 8. The average molecular weight is 498 g/mol. The van der Waals surface area contributed by atoms with Crippen molar-refractivity contribution in [1.29, 1.82) is 0 Å². The van der Waals surface area contributed by atoms with Gasteiger partial charge >= 0.3 is 0 Å². The van der Waals surface area contributed by atoms with Crippen LogP contribution in [0.5, 0.6) is 11.5 Å². The van der Waals surface area contributed by atoms with E-state index in [0.717, 1.165) is 18.8 Å². The number of nitrogens with one attached hydrogen (secondary N) is 2. The quantitative estimate of drug-likeness (QED) is 0.490. The lowest BCUT2D eigenvalue weighted by Crippen LogP contribution is -2.36. The molecule has 1 aliphatic heterocycles. The van der Waals surface area contributed by atoms with Crippen molar-refractivity contribution in [2.75, 3.05) is 55.5 Å². The van der Waals surface area contributed by atoms with Gasteiger partial charge < -0.3 is 24.4 Å². The van der Waals surface area contributed by atoms with Crippen LogP contribution in [0, 0.1) is 0 Å². The molecule has 0 bridgehead atoms. The van der Waals surface area contributed by atoms with Gasteiger partial charge in [0.15, 0.2) is 0 Å². The van der Waals surface area contributed by atoms with Gasteiger partial charge in [0.1, 0.15) is 16.4 Å². The summed E-state index contributed by atoms with van der Waals surface area (Å²) in [7, 11) is -1.08. The normalized spacial score (nSPS) is 13.7. The van der Waals surface area contributed by atoms with E-state index in [4.69, 9.17) is 14.2 Å². The number of hydrogen-bond acceptors (Lipinski definition) is 7. The van der Waals surface area contributed by atoms with Crippen molar-refractivity contribution >= 4 is 33.0 Å². The minimum atomic E-state index is -4.00. The van der Waals surface area contributed by atoms with Crippen molar-refractivity contribution in [2.24, 2.45) is 0 Å². The van der Waals surface area contributed by atoms with Gasteiger partial charge in [-0.1, -0.05) is 0 Å². The lowest BCUT2D eigenvalue weighted by molar-refractivity contribution is 0.102. The SMILES string of the molecule is COc1ccc(NS(=O)(=O)c2cc(NC(=O)c3ccc(N4CCOCC4)cc3)ccc2OC)cc1. The molecule has 9 nitrogen and oxygen atoms in total. The molecule has 10 heteroatoms. The Balaban J connectivity index is 1.51. The number of anilines is 3. The summed E-state index contributed by atoms with van der Waals surface area (Å²) in [4.78, 5) is 14.9. The number of sulfonamides is 1. The fourth-order valence-corrected chi connectivity index (χ4v) is 4.94. The largest absolute Gasteiger partial charge is 0.497 e. The van der Waals surface area contributed by atoms with Crippen LogP contribution < -0.4 is 24.4 Å². The topological polar surface area (TPSA) is 106 Å². The van der Waals surface area contributed by atoms with Gasteiger partial charge in [0, 0.05) is 35.7 Å². The lowest BCUT2D eigenvalue weighted by atomic mass is 10.1. The third kappa shape index (κ3) is 5.84. The Morgan fingerprint density at radius 1 is 0.886 bits per heavy atom. The minimum absolute atomic E-state index is 0.101. The molecule has 0 aromatic heterocycles. The standard InChI is InChI=1S/C25H27N3O6S/c1-32-22-10-5-19(6-11-22)27-35(30,31)24-17-20(7-12-23(24)33-2)26-25(29)18-3-8-21(9-4-18)28-13-15-34-16-14-28/h3-12,17,27H,13-16H2,1-2H3,(H,26,29). The van der Waals surface area contributed by atoms with Gasteiger partial charge in [0.2, 0.25) is 0 Å². The van der Waals surface area contributed by atoms with Crippen LogP contribution in [-0.2, 0) is 14.8 Å². The zero-order valence-corrected chi connectivity index (χ0v) is 20.3. The molecule has 4 rings (SSSR count). The maximum Gasteiger partial charge on any atom is 0.265 e. The van der Waals surface area contributed by atoms with E-state index < -0.39 is 10.0 Å². The average Bonchev–Trinajstić information content (AvgIpc) is 2.89. The van der Waals surface area contributed by atoms with Crippen LogP contribution in [0.15, 0.2) is 71.6 Å². The maximum atomic E-state index is 13.1. The summed E-state index contributed by atoms with van der Waals surface area (Å²) in [5.74, 6) is 0.405. The van der Waals surface area contributed by atoms with Crippen molar-refractivity contribution in [3.8, 4) is 11.5 Å². The Hall–Kier alpha value is -3.76. The molecule has 3 aromatic carbocycles. The number of benzene rings is 3. The second-order valence-corrected chi connectivity index (χ2v) is 9.45. The summed E-state index contributed by atoms with van der Waals surface area (Å²) in [6.07, 6.45) is 0. The zero-order valence-electron chi connectivity index (χ0n) is 19.5. The zero-order chi connectivity index (χ0) is 24.8. The molecule has 35 heavy (non-hydrogen) atoms. The maximum absolute atomic E-state index is 13.1. The Morgan fingerprint density at radius 3 is 2.17 bits per heavy atom. The predicted molar refractivity (Wildman–Crippen MR) is 134 cm³/mol. The number of methoxy groups -OCH3 is 2. The van der Waals surface area contributed by atoms with Crippen molar-refractivity contribution < 1.29 is 27.4 Å². The number of hydrogen-bond donors (Lipinski definition) is 2. The summed E-state index contributed by atoms with van der Waals surface area (Å²) in [6.45, 7) is 2.97. The van der Waals surface area contributed by atoms with Gasteiger partial charge in [0.25, 0.3) is 15.9 Å². The van der Waals surface area contributed by atoms with Gasteiger partial charge in [-0.3, -0.25) is 9.52 Å².